The number of benzene rings is 1. The van der Waals surface area contributed by atoms with Crippen molar-refractivity contribution >= 4 is 28.4 Å². The summed E-state index contributed by atoms with van der Waals surface area (Å²) in [5.74, 6) is -0.404. The van der Waals surface area contributed by atoms with Gasteiger partial charge in [0.2, 0.25) is 11.1 Å². The molecule has 0 unspecified atom stereocenters. The monoisotopic (exact) mass is 251 g/mol. The fourth-order valence-electron chi connectivity index (χ4n) is 2.22. The fourth-order valence-corrected chi connectivity index (χ4v) is 2.36. The van der Waals surface area contributed by atoms with Gasteiger partial charge in [0.05, 0.1) is 5.92 Å². The molecule has 4 heteroatoms. The summed E-state index contributed by atoms with van der Waals surface area (Å²) in [6.07, 6.45) is 0.218. The topological polar surface area (TPSA) is 37.4 Å². The van der Waals surface area contributed by atoms with Crippen LogP contribution in [-0.4, -0.2) is 17.7 Å². The van der Waals surface area contributed by atoms with Crippen molar-refractivity contribution in [2.45, 2.75) is 20.3 Å². The maximum Gasteiger partial charge on any atom is 0.227 e. The molecule has 1 atom stereocenters. The molecule has 1 amide bonds. The van der Waals surface area contributed by atoms with Gasteiger partial charge in [-0.1, -0.05) is 6.07 Å². The average molecular weight is 252 g/mol. The van der Waals surface area contributed by atoms with Crippen LogP contribution in [0.5, 0.6) is 0 Å². The van der Waals surface area contributed by atoms with Gasteiger partial charge >= 0.3 is 0 Å². The van der Waals surface area contributed by atoms with E-state index in [4.69, 9.17) is 11.6 Å². The summed E-state index contributed by atoms with van der Waals surface area (Å²) >= 11 is 5.45. The lowest BCUT2D eigenvalue weighted by molar-refractivity contribution is -0.120. The highest BCUT2D eigenvalue weighted by Crippen LogP contribution is 2.27. The minimum Gasteiger partial charge on any atom is -0.312 e. The minimum absolute atomic E-state index is 0.0333. The zero-order chi connectivity index (χ0) is 12.6. The Labute approximate surface area is 105 Å². The highest BCUT2D eigenvalue weighted by molar-refractivity contribution is 6.64. The second kappa shape index (κ2) is 4.49. The van der Waals surface area contributed by atoms with E-state index >= 15 is 0 Å². The molecule has 3 nitrogen and oxygen atoms in total. The van der Waals surface area contributed by atoms with Gasteiger partial charge in [-0.25, -0.2) is 0 Å². The van der Waals surface area contributed by atoms with Crippen molar-refractivity contribution < 1.29 is 9.59 Å². The lowest BCUT2D eigenvalue weighted by atomic mass is 10.1. The van der Waals surface area contributed by atoms with E-state index in [2.05, 4.69) is 0 Å². The van der Waals surface area contributed by atoms with E-state index in [-0.39, 0.29) is 18.2 Å². The van der Waals surface area contributed by atoms with Crippen molar-refractivity contribution in [3.63, 3.8) is 0 Å². The summed E-state index contributed by atoms with van der Waals surface area (Å²) < 4.78 is 0. The van der Waals surface area contributed by atoms with Crippen molar-refractivity contribution in [3.8, 4) is 0 Å². The molecule has 0 aromatic heterocycles. The molecule has 0 saturated carbocycles. The minimum atomic E-state index is -0.426. The molecule has 1 heterocycles. The van der Waals surface area contributed by atoms with Gasteiger partial charge in [0.1, 0.15) is 0 Å². The van der Waals surface area contributed by atoms with Crippen LogP contribution in [0.1, 0.15) is 17.5 Å². The zero-order valence-corrected chi connectivity index (χ0v) is 10.6. The SMILES string of the molecule is Cc1cc(C)cc(N2C[C@H](C(=O)Cl)CC2=O)c1. The molecule has 0 radical (unpaired) electrons. The van der Waals surface area contributed by atoms with Crippen LogP contribution >= 0.6 is 11.6 Å². The van der Waals surface area contributed by atoms with Crippen LogP contribution in [0, 0.1) is 19.8 Å². The van der Waals surface area contributed by atoms with Gasteiger partial charge in [-0.15, -0.1) is 0 Å². The van der Waals surface area contributed by atoms with Crippen LogP contribution in [0.25, 0.3) is 0 Å². The highest BCUT2D eigenvalue weighted by atomic mass is 35.5. The summed E-state index contributed by atoms with van der Waals surface area (Å²) in [7, 11) is 0. The van der Waals surface area contributed by atoms with Gasteiger partial charge < -0.3 is 4.90 Å². The molecule has 1 aromatic carbocycles. The molecule has 0 N–H and O–H groups in total. The van der Waals surface area contributed by atoms with Gasteiger partial charge in [-0.2, -0.15) is 0 Å². The summed E-state index contributed by atoms with van der Waals surface area (Å²) in [6.45, 7) is 4.37. The molecule has 0 spiro atoms. The van der Waals surface area contributed by atoms with E-state index in [1.165, 1.54) is 0 Å². The Morgan fingerprint density at radius 2 is 1.88 bits per heavy atom. The number of halogens is 1. The molecule has 1 aromatic rings. The Kier molecular flexibility index (Phi) is 3.20. The maximum absolute atomic E-state index is 11.8. The molecule has 0 aliphatic carbocycles. The normalized spacial score (nSPS) is 19.8. The number of hydrogen-bond donors (Lipinski definition) is 0. The second-order valence-electron chi connectivity index (χ2n) is 4.56. The fraction of sp³-hybridized carbons (Fsp3) is 0.385. The summed E-state index contributed by atoms with van der Waals surface area (Å²) in [4.78, 5) is 24.6. The maximum atomic E-state index is 11.8. The van der Waals surface area contributed by atoms with E-state index < -0.39 is 5.24 Å². The lowest BCUT2D eigenvalue weighted by Crippen LogP contribution is -2.25. The van der Waals surface area contributed by atoms with Crippen LogP contribution in [0.15, 0.2) is 18.2 Å². The van der Waals surface area contributed by atoms with Crippen LogP contribution in [0.3, 0.4) is 0 Å². The first-order valence-electron chi connectivity index (χ1n) is 5.55. The third kappa shape index (κ3) is 2.50. The van der Waals surface area contributed by atoms with E-state index in [0.29, 0.717) is 6.54 Å². The van der Waals surface area contributed by atoms with Gasteiger partial charge in [0.15, 0.2) is 0 Å². The summed E-state index contributed by atoms with van der Waals surface area (Å²) in [6, 6.07) is 5.95. The summed E-state index contributed by atoms with van der Waals surface area (Å²) in [5.41, 5.74) is 3.06. The molecule has 90 valence electrons. The number of amides is 1. The first-order valence-corrected chi connectivity index (χ1v) is 5.93. The van der Waals surface area contributed by atoms with Crippen molar-refractivity contribution in [2.24, 2.45) is 5.92 Å². The van der Waals surface area contributed by atoms with Crippen LogP contribution in [0.4, 0.5) is 5.69 Å². The van der Waals surface area contributed by atoms with Gasteiger partial charge in [-0.05, 0) is 48.7 Å². The smallest absolute Gasteiger partial charge is 0.227 e. The third-order valence-electron chi connectivity index (χ3n) is 2.96. The molecule has 0 bridgehead atoms. The Hall–Kier alpha value is -1.35. The molecule has 1 aliphatic rings. The van der Waals surface area contributed by atoms with E-state index in [1.807, 2.05) is 32.0 Å². The lowest BCUT2D eigenvalue weighted by Gasteiger charge is -2.17. The number of nitrogens with zero attached hydrogens (tertiary/aromatic N) is 1. The number of carbonyl (C=O) groups excluding carboxylic acids is 2. The molecule has 2 rings (SSSR count). The largest absolute Gasteiger partial charge is 0.312 e. The Bertz CT molecular complexity index is 464. The molecule has 17 heavy (non-hydrogen) atoms. The number of aryl methyl sites for hydroxylation is 2. The van der Waals surface area contributed by atoms with Crippen molar-refractivity contribution in [1.29, 1.82) is 0 Å². The molecule has 1 aliphatic heterocycles. The quantitative estimate of drug-likeness (QED) is 0.757. The predicted molar refractivity (Wildman–Crippen MR) is 67.2 cm³/mol. The highest BCUT2D eigenvalue weighted by Gasteiger charge is 2.34. The zero-order valence-electron chi connectivity index (χ0n) is 9.87. The standard InChI is InChI=1S/C13H14ClNO2/c1-8-3-9(2)5-11(4-8)15-7-10(13(14)17)6-12(15)16/h3-5,10H,6-7H2,1-2H3/t10-/m1/s1. The molecular weight excluding hydrogens is 238 g/mol. The Morgan fingerprint density at radius 3 is 2.35 bits per heavy atom. The number of carbonyl (C=O) groups is 2. The predicted octanol–water partition coefficient (Wildman–Crippen LogP) is 2.42. The van der Waals surface area contributed by atoms with E-state index in [1.54, 1.807) is 4.90 Å². The number of rotatable bonds is 2. The van der Waals surface area contributed by atoms with E-state index in [9.17, 15) is 9.59 Å². The second-order valence-corrected chi connectivity index (χ2v) is 4.93. The molecule has 1 saturated heterocycles. The average Bonchev–Trinajstić information content (AvgIpc) is 2.59. The van der Waals surface area contributed by atoms with Crippen molar-refractivity contribution in [1.82, 2.24) is 0 Å². The van der Waals surface area contributed by atoms with Gasteiger partial charge in [0, 0.05) is 18.7 Å². The first-order chi connectivity index (χ1) is 7.97. The Morgan fingerprint density at radius 1 is 1.29 bits per heavy atom. The van der Waals surface area contributed by atoms with E-state index in [0.717, 1.165) is 16.8 Å². The van der Waals surface area contributed by atoms with Crippen LogP contribution in [0.2, 0.25) is 0 Å². The molecular formula is C13H14ClNO2. The van der Waals surface area contributed by atoms with Gasteiger partial charge in [-0.3, -0.25) is 9.59 Å². The number of anilines is 1. The number of hydrogen-bond acceptors (Lipinski definition) is 2. The Balaban J connectivity index is 2.28. The van der Waals surface area contributed by atoms with Crippen molar-refractivity contribution in [2.75, 3.05) is 11.4 Å². The molecule has 1 fully saturated rings. The third-order valence-corrected chi connectivity index (χ3v) is 3.27. The van der Waals surface area contributed by atoms with Crippen molar-refractivity contribution in [3.05, 3.63) is 29.3 Å². The van der Waals surface area contributed by atoms with Gasteiger partial charge in [0.25, 0.3) is 0 Å². The first kappa shape index (κ1) is 12.1. The van der Waals surface area contributed by atoms with Crippen LogP contribution < -0.4 is 4.90 Å². The summed E-state index contributed by atoms with van der Waals surface area (Å²) in [5, 5.41) is -0.426. The van der Waals surface area contributed by atoms with Crippen LogP contribution in [-0.2, 0) is 9.59 Å².